The topological polar surface area (TPSA) is 79.2 Å². The van der Waals surface area contributed by atoms with Crippen LogP contribution >= 0.6 is 11.8 Å². The van der Waals surface area contributed by atoms with Gasteiger partial charge >= 0.3 is 5.97 Å². The molecule has 0 radical (unpaired) electrons. The minimum atomic E-state index is -0.913. The lowest BCUT2D eigenvalue weighted by molar-refractivity contribution is -0.137. The number of benzene rings is 2. The van der Waals surface area contributed by atoms with Crippen LogP contribution < -0.4 is 4.74 Å². The molecule has 1 heterocycles. The summed E-state index contributed by atoms with van der Waals surface area (Å²) in [5, 5.41) is 9.22. The summed E-state index contributed by atoms with van der Waals surface area (Å²) in [6.45, 7) is 0.0936. The second-order valence-corrected chi connectivity index (χ2v) is 8.99. The Labute approximate surface area is 196 Å². The van der Waals surface area contributed by atoms with Gasteiger partial charge in [-0.3, -0.25) is 14.5 Å². The fourth-order valence-electron chi connectivity index (χ4n) is 3.94. The number of halogens is 1. The summed E-state index contributed by atoms with van der Waals surface area (Å²) in [4.78, 5) is 30.8. The van der Waals surface area contributed by atoms with Crippen LogP contribution in [-0.2, 0) is 9.59 Å². The van der Waals surface area contributed by atoms with E-state index in [2.05, 4.69) is 4.99 Å². The van der Waals surface area contributed by atoms with E-state index in [0.717, 1.165) is 37.7 Å². The van der Waals surface area contributed by atoms with Crippen molar-refractivity contribution in [2.75, 3.05) is 6.61 Å². The van der Waals surface area contributed by atoms with Gasteiger partial charge in [0.25, 0.3) is 5.91 Å². The molecule has 2 aromatic carbocycles. The van der Waals surface area contributed by atoms with Crippen LogP contribution in [0.1, 0.15) is 44.1 Å². The summed E-state index contributed by atoms with van der Waals surface area (Å²) in [6.07, 6.45) is 6.85. The van der Waals surface area contributed by atoms with Crippen molar-refractivity contribution in [2.45, 2.75) is 44.6 Å². The lowest BCUT2D eigenvalue weighted by Crippen LogP contribution is -2.40. The fraction of sp³-hybridized carbons (Fsp3) is 0.320. The molecule has 0 unspecified atom stereocenters. The predicted octanol–water partition coefficient (Wildman–Crippen LogP) is 5.62. The van der Waals surface area contributed by atoms with Gasteiger partial charge in [-0.1, -0.05) is 43.5 Å². The third-order valence-corrected chi connectivity index (χ3v) is 6.59. The van der Waals surface area contributed by atoms with Crippen molar-refractivity contribution in [1.82, 2.24) is 4.90 Å². The molecule has 33 heavy (non-hydrogen) atoms. The Kier molecular flexibility index (Phi) is 7.44. The number of carboxylic acids is 1. The van der Waals surface area contributed by atoms with Gasteiger partial charge in [-0.15, -0.1) is 0 Å². The van der Waals surface area contributed by atoms with Crippen LogP contribution in [0.2, 0.25) is 0 Å². The molecule has 2 aromatic rings. The Morgan fingerprint density at radius 1 is 1.15 bits per heavy atom. The van der Waals surface area contributed by atoms with E-state index in [-0.39, 0.29) is 30.7 Å². The van der Waals surface area contributed by atoms with Gasteiger partial charge in [0.15, 0.2) is 5.17 Å². The van der Waals surface area contributed by atoms with Crippen molar-refractivity contribution in [1.29, 1.82) is 0 Å². The molecule has 0 bridgehead atoms. The number of carbonyl (C=O) groups is 2. The largest absolute Gasteiger partial charge is 0.493 e. The van der Waals surface area contributed by atoms with Crippen LogP contribution in [0.15, 0.2) is 58.4 Å². The summed E-state index contributed by atoms with van der Waals surface area (Å²) in [5.41, 5.74) is 1.03. The maximum absolute atomic E-state index is 14.2. The highest BCUT2D eigenvalue weighted by molar-refractivity contribution is 8.18. The van der Waals surface area contributed by atoms with E-state index in [1.54, 1.807) is 41.3 Å². The van der Waals surface area contributed by atoms with Crippen LogP contribution in [0.3, 0.4) is 0 Å². The molecule has 0 spiro atoms. The normalized spacial score (nSPS) is 19.4. The molecule has 0 atom stereocenters. The number of carbonyl (C=O) groups excluding carboxylic acids is 1. The van der Waals surface area contributed by atoms with Crippen molar-refractivity contribution in [3.63, 3.8) is 0 Å². The highest BCUT2D eigenvalue weighted by atomic mass is 32.2. The van der Waals surface area contributed by atoms with Crippen molar-refractivity contribution in [3.8, 4) is 5.75 Å². The minimum absolute atomic E-state index is 0.0696. The average molecular weight is 469 g/mol. The number of para-hydroxylation sites is 1. The van der Waals surface area contributed by atoms with Gasteiger partial charge in [-0.25, -0.2) is 9.38 Å². The molecule has 1 aliphatic carbocycles. The van der Waals surface area contributed by atoms with Gasteiger partial charge in [0.1, 0.15) is 17.3 Å². The van der Waals surface area contributed by atoms with Crippen LogP contribution in [0.4, 0.5) is 10.1 Å². The van der Waals surface area contributed by atoms with Crippen molar-refractivity contribution in [2.24, 2.45) is 4.99 Å². The van der Waals surface area contributed by atoms with E-state index in [4.69, 9.17) is 9.84 Å². The molecule has 1 saturated carbocycles. The summed E-state index contributed by atoms with van der Waals surface area (Å²) >= 11 is 1.26. The zero-order valence-corrected chi connectivity index (χ0v) is 18.9. The second-order valence-electron chi connectivity index (χ2n) is 7.98. The number of nitrogens with zero attached hydrogens (tertiary/aromatic N) is 2. The number of amidine groups is 1. The summed E-state index contributed by atoms with van der Waals surface area (Å²) in [7, 11) is 0. The predicted molar refractivity (Wildman–Crippen MR) is 127 cm³/mol. The van der Waals surface area contributed by atoms with Gasteiger partial charge in [0.05, 0.1) is 17.9 Å². The summed E-state index contributed by atoms with van der Waals surface area (Å²) < 4.78 is 19.7. The number of rotatable bonds is 7. The third-order valence-electron chi connectivity index (χ3n) is 5.61. The first kappa shape index (κ1) is 23.0. The van der Waals surface area contributed by atoms with Gasteiger partial charge in [-0.05, 0) is 60.5 Å². The molecule has 2 aliphatic rings. The van der Waals surface area contributed by atoms with Gasteiger partial charge < -0.3 is 9.84 Å². The number of thioether (sulfide) groups is 1. The number of ether oxygens (including phenoxy) is 1. The zero-order valence-electron chi connectivity index (χ0n) is 18.1. The number of aliphatic carboxylic acids is 1. The summed E-state index contributed by atoms with van der Waals surface area (Å²) in [5.74, 6) is -0.876. The molecule has 8 heteroatoms. The second kappa shape index (κ2) is 10.7. The number of aliphatic imine (C=N–C) groups is 1. The monoisotopic (exact) mass is 468 g/mol. The van der Waals surface area contributed by atoms with E-state index >= 15 is 0 Å². The fourth-order valence-corrected chi connectivity index (χ4v) is 4.99. The van der Waals surface area contributed by atoms with Gasteiger partial charge in [-0.2, -0.15) is 0 Å². The Morgan fingerprint density at radius 2 is 1.88 bits per heavy atom. The molecule has 0 aromatic heterocycles. The van der Waals surface area contributed by atoms with Crippen LogP contribution in [0.5, 0.6) is 5.75 Å². The van der Waals surface area contributed by atoms with Crippen LogP contribution in [0, 0.1) is 5.82 Å². The standard InChI is InChI=1S/C25H25FN2O4S/c26-20-8-4-5-9-21(20)27-25-28(18-6-2-1-3-7-18)24(31)22(33-25)16-17-10-12-19(13-11-17)32-15-14-23(29)30/h4-5,8-13,16,18H,1-3,6-7,14-15H2,(H,29,30)/b22-16-,27-25?. The van der Waals surface area contributed by atoms with Gasteiger partial charge in [0.2, 0.25) is 0 Å². The van der Waals surface area contributed by atoms with Crippen molar-refractivity contribution in [3.05, 3.63) is 64.8 Å². The van der Waals surface area contributed by atoms with E-state index in [0.29, 0.717) is 15.8 Å². The number of hydrogen-bond donors (Lipinski definition) is 1. The first-order valence-corrected chi connectivity index (χ1v) is 11.8. The Morgan fingerprint density at radius 3 is 2.58 bits per heavy atom. The lowest BCUT2D eigenvalue weighted by atomic mass is 9.94. The molecule has 6 nitrogen and oxygen atoms in total. The maximum Gasteiger partial charge on any atom is 0.306 e. The molecule has 1 N–H and O–H groups in total. The zero-order chi connectivity index (χ0) is 23.2. The molecular weight excluding hydrogens is 443 g/mol. The Bertz CT molecular complexity index is 1080. The van der Waals surface area contributed by atoms with Gasteiger partial charge in [0, 0.05) is 6.04 Å². The average Bonchev–Trinajstić information content (AvgIpc) is 3.11. The molecule has 172 valence electrons. The SMILES string of the molecule is O=C(O)CCOc1ccc(/C=C2\SC(=Nc3ccccc3F)N(C3CCCCC3)C2=O)cc1. The lowest BCUT2D eigenvalue weighted by Gasteiger charge is -2.30. The molecule has 4 rings (SSSR count). The quantitative estimate of drug-likeness (QED) is 0.534. The Hall–Kier alpha value is -3.13. The highest BCUT2D eigenvalue weighted by Crippen LogP contribution is 2.38. The number of amides is 1. The molecule has 2 fully saturated rings. The van der Waals surface area contributed by atoms with Crippen molar-refractivity contribution >= 4 is 40.6 Å². The van der Waals surface area contributed by atoms with E-state index in [9.17, 15) is 14.0 Å². The van der Waals surface area contributed by atoms with E-state index in [1.807, 2.05) is 12.1 Å². The smallest absolute Gasteiger partial charge is 0.306 e. The summed E-state index contributed by atoms with van der Waals surface area (Å²) in [6, 6.07) is 13.5. The number of carboxylic acid groups (broad SMARTS) is 1. The molecule has 1 aliphatic heterocycles. The van der Waals surface area contributed by atoms with Crippen molar-refractivity contribution < 1.29 is 23.8 Å². The first-order valence-electron chi connectivity index (χ1n) is 11.0. The third kappa shape index (κ3) is 5.82. The number of hydrogen-bond acceptors (Lipinski definition) is 5. The molecule has 1 amide bonds. The molecule has 1 saturated heterocycles. The highest BCUT2D eigenvalue weighted by Gasteiger charge is 2.38. The minimum Gasteiger partial charge on any atom is -0.493 e. The molecular formula is C25H25FN2O4S. The van der Waals surface area contributed by atoms with E-state index in [1.165, 1.54) is 17.8 Å². The Balaban J connectivity index is 1.57. The maximum atomic E-state index is 14.2. The van der Waals surface area contributed by atoms with E-state index < -0.39 is 11.8 Å². The first-order chi connectivity index (χ1) is 16.0. The van der Waals surface area contributed by atoms with Crippen LogP contribution in [0.25, 0.3) is 6.08 Å². The van der Waals surface area contributed by atoms with Crippen LogP contribution in [-0.4, -0.2) is 39.7 Å².